The third-order valence-electron chi connectivity index (χ3n) is 7.31. The number of phenolic OH excluding ortho intramolecular Hbond substituents is 1. The van der Waals surface area contributed by atoms with Gasteiger partial charge in [-0.15, -0.1) is 0 Å². The van der Waals surface area contributed by atoms with Crippen LogP contribution in [0.2, 0.25) is 0 Å². The van der Waals surface area contributed by atoms with Crippen molar-refractivity contribution >= 4 is 16.8 Å². The Bertz CT molecular complexity index is 1170. The highest BCUT2D eigenvalue weighted by Gasteiger charge is 2.24. The molecule has 3 aromatic rings. The van der Waals surface area contributed by atoms with Crippen molar-refractivity contribution in [2.75, 3.05) is 32.0 Å². The van der Waals surface area contributed by atoms with E-state index < -0.39 is 0 Å². The fraction of sp³-hybridized carbons (Fsp3) is 0.333. The van der Waals surface area contributed by atoms with Gasteiger partial charge in [-0.05, 0) is 108 Å². The fourth-order valence-corrected chi connectivity index (χ4v) is 5.57. The van der Waals surface area contributed by atoms with Crippen LogP contribution < -0.4 is 5.73 Å². The summed E-state index contributed by atoms with van der Waals surface area (Å²) in [6.45, 7) is 2.81. The summed E-state index contributed by atoms with van der Waals surface area (Å²) in [5, 5.41) is 10.3. The molecule has 3 N–H and O–H groups in total. The largest absolute Gasteiger partial charge is 0.508 e. The fourth-order valence-electron chi connectivity index (χ4n) is 5.57. The predicted octanol–water partition coefficient (Wildman–Crippen LogP) is 6.10. The molecule has 0 amide bonds. The summed E-state index contributed by atoms with van der Waals surface area (Å²) < 4.78 is 12.5. The van der Waals surface area contributed by atoms with E-state index in [0.29, 0.717) is 18.1 Å². The number of anilines is 1. The summed E-state index contributed by atoms with van der Waals surface area (Å²) in [5.41, 5.74) is 15.3. The first kappa shape index (κ1) is 22.7. The Morgan fingerprint density at radius 1 is 0.941 bits per heavy atom. The molecule has 3 aromatic carbocycles. The van der Waals surface area contributed by atoms with Crippen molar-refractivity contribution in [1.29, 1.82) is 0 Å². The SMILES string of the molecule is Nc1ccc(C2=C(c3ccc(CC4CCN(CCCF)C4)cc3)c3cc(O)ccc3CC2)cc1. The molecule has 34 heavy (non-hydrogen) atoms. The molecule has 0 saturated carbocycles. The Morgan fingerprint density at radius 3 is 2.47 bits per heavy atom. The number of benzene rings is 3. The number of halogens is 1. The lowest BCUT2D eigenvalue weighted by Crippen LogP contribution is -2.22. The molecule has 5 rings (SSSR count). The van der Waals surface area contributed by atoms with Crippen LogP contribution in [0.1, 0.15) is 47.1 Å². The van der Waals surface area contributed by atoms with Crippen LogP contribution in [-0.4, -0.2) is 36.3 Å². The first-order valence-electron chi connectivity index (χ1n) is 12.4. The molecule has 1 aliphatic heterocycles. The Kier molecular flexibility index (Phi) is 6.68. The quantitative estimate of drug-likeness (QED) is 0.422. The van der Waals surface area contributed by atoms with Crippen LogP contribution in [0.25, 0.3) is 11.1 Å². The van der Waals surface area contributed by atoms with Crippen LogP contribution in [0.5, 0.6) is 5.75 Å². The lowest BCUT2D eigenvalue weighted by molar-refractivity contribution is 0.301. The van der Waals surface area contributed by atoms with Gasteiger partial charge in [0.1, 0.15) is 5.75 Å². The molecule has 3 nitrogen and oxygen atoms in total. The zero-order valence-corrected chi connectivity index (χ0v) is 19.6. The Labute approximate surface area is 201 Å². The molecular weight excluding hydrogens is 423 g/mol. The van der Waals surface area contributed by atoms with E-state index in [2.05, 4.69) is 41.3 Å². The second-order valence-electron chi connectivity index (χ2n) is 9.72. The van der Waals surface area contributed by atoms with Gasteiger partial charge in [-0.2, -0.15) is 0 Å². The van der Waals surface area contributed by atoms with Crippen LogP contribution in [0.3, 0.4) is 0 Å². The van der Waals surface area contributed by atoms with E-state index in [1.54, 1.807) is 6.07 Å². The van der Waals surface area contributed by atoms with Gasteiger partial charge in [0.25, 0.3) is 0 Å². The number of hydrogen-bond acceptors (Lipinski definition) is 3. The molecule has 0 spiro atoms. The Hall–Kier alpha value is -3.11. The van der Waals surface area contributed by atoms with E-state index in [1.807, 2.05) is 24.3 Å². The number of aromatic hydroxyl groups is 1. The van der Waals surface area contributed by atoms with Crippen molar-refractivity contribution in [2.24, 2.45) is 5.92 Å². The van der Waals surface area contributed by atoms with Gasteiger partial charge in [0.15, 0.2) is 0 Å². The smallest absolute Gasteiger partial charge is 0.116 e. The van der Waals surface area contributed by atoms with E-state index >= 15 is 0 Å². The molecule has 1 atom stereocenters. The summed E-state index contributed by atoms with van der Waals surface area (Å²) in [6.07, 6.45) is 4.80. The maximum absolute atomic E-state index is 12.5. The van der Waals surface area contributed by atoms with Crippen LogP contribution in [-0.2, 0) is 12.8 Å². The van der Waals surface area contributed by atoms with Gasteiger partial charge < -0.3 is 15.7 Å². The molecule has 1 fully saturated rings. The second kappa shape index (κ2) is 10.0. The van der Waals surface area contributed by atoms with Gasteiger partial charge in [0.05, 0.1) is 6.67 Å². The molecule has 176 valence electrons. The number of nitrogens with zero attached hydrogens (tertiary/aromatic N) is 1. The Balaban J connectivity index is 1.44. The van der Waals surface area contributed by atoms with Crippen molar-refractivity contribution in [3.63, 3.8) is 0 Å². The van der Waals surface area contributed by atoms with E-state index in [0.717, 1.165) is 50.1 Å². The number of aryl methyl sites for hydroxylation is 1. The third-order valence-corrected chi connectivity index (χ3v) is 7.31. The monoisotopic (exact) mass is 456 g/mol. The highest BCUT2D eigenvalue weighted by atomic mass is 19.1. The van der Waals surface area contributed by atoms with Gasteiger partial charge in [-0.3, -0.25) is 4.39 Å². The van der Waals surface area contributed by atoms with Gasteiger partial charge in [-0.1, -0.05) is 42.5 Å². The topological polar surface area (TPSA) is 49.5 Å². The highest BCUT2D eigenvalue weighted by Crippen LogP contribution is 2.42. The minimum absolute atomic E-state index is 0.224. The zero-order chi connectivity index (χ0) is 23.5. The van der Waals surface area contributed by atoms with Crippen molar-refractivity contribution < 1.29 is 9.50 Å². The number of alkyl halides is 1. The van der Waals surface area contributed by atoms with Crippen molar-refractivity contribution in [1.82, 2.24) is 4.90 Å². The molecule has 0 bridgehead atoms. The third kappa shape index (κ3) is 4.88. The van der Waals surface area contributed by atoms with Crippen LogP contribution in [0, 0.1) is 5.92 Å². The summed E-state index contributed by atoms with van der Waals surface area (Å²) in [6, 6.07) is 22.8. The molecule has 4 heteroatoms. The van der Waals surface area contributed by atoms with Crippen LogP contribution in [0.15, 0.2) is 66.7 Å². The molecule has 1 aliphatic carbocycles. The average Bonchev–Trinajstić information content (AvgIpc) is 3.30. The number of nitrogens with two attached hydrogens (primary N) is 1. The van der Waals surface area contributed by atoms with Crippen molar-refractivity contribution in [3.8, 4) is 5.75 Å². The number of likely N-dealkylation sites (tertiary alicyclic amines) is 1. The highest BCUT2D eigenvalue weighted by molar-refractivity contribution is 6.01. The van der Waals surface area contributed by atoms with E-state index in [1.165, 1.54) is 39.8 Å². The Morgan fingerprint density at radius 2 is 1.71 bits per heavy atom. The zero-order valence-electron chi connectivity index (χ0n) is 19.6. The summed E-state index contributed by atoms with van der Waals surface area (Å²) in [5.74, 6) is 0.937. The lowest BCUT2D eigenvalue weighted by Gasteiger charge is -2.25. The van der Waals surface area contributed by atoms with Gasteiger partial charge >= 0.3 is 0 Å². The standard InChI is InChI=1S/C30H33FN2O/c31-15-1-16-33-17-14-22(20-33)18-21-2-4-25(5-3-21)30-28(23-6-10-26(32)11-7-23)13-9-24-8-12-27(34)19-29(24)30/h2-8,10-12,19,22,34H,1,9,13-18,20,32H2. The minimum atomic E-state index is -0.224. The number of hydrogen-bond donors (Lipinski definition) is 2. The molecule has 1 saturated heterocycles. The summed E-state index contributed by atoms with van der Waals surface area (Å²) in [7, 11) is 0. The number of rotatable bonds is 7. The van der Waals surface area contributed by atoms with Gasteiger partial charge in [0.2, 0.25) is 0 Å². The van der Waals surface area contributed by atoms with Crippen LogP contribution in [0.4, 0.5) is 10.1 Å². The number of phenols is 1. The minimum Gasteiger partial charge on any atom is -0.508 e. The first-order valence-corrected chi connectivity index (χ1v) is 12.4. The summed E-state index contributed by atoms with van der Waals surface area (Å²) in [4.78, 5) is 2.40. The van der Waals surface area contributed by atoms with E-state index in [-0.39, 0.29) is 6.67 Å². The second-order valence-corrected chi connectivity index (χ2v) is 9.72. The predicted molar refractivity (Wildman–Crippen MR) is 138 cm³/mol. The van der Waals surface area contributed by atoms with Crippen molar-refractivity contribution in [2.45, 2.75) is 32.1 Å². The van der Waals surface area contributed by atoms with Crippen molar-refractivity contribution in [3.05, 3.63) is 94.5 Å². The lowest BCUT2D eigenvalue weighted by atomic mass is 9.79. The number of fused-ring (bicyclic) bond motifs is 1. The number of allylic oxidation sites excluding steroid dienone is 1. The molecule has 2 aliphatic rings. The normalized spacial score (nSPS) is 18.3. The van der Waals surface area contributed by atoms with E-state index in [9.17, 15) is 9.50 Å². The number of nitrogen functional groups attached to an aromatic ring is 1. The molecule has 1 heterocycles. The molecular formula is C30H33FN2O. The van der Waals surface area contributed by atoms with Crippen LogP contribution >= 0.6 is 0 Å². The maximum atomic E-state index is 12.5. The average molecular weight is 457 g/mol. The van der Waals surface area contributed by atoms with Gasteiger partial charge in [0, 0.05) is 18.8 Å². The molecule has 0 radical (unpaired) electrons. The molecule has 1 unspecified atom stereocenters. The van der Waals surface area contributed by atoms with E-state index in [4.69, 9.17) is 5.73 Å². The first-order chi connectivity index (χ1) is 16.6. The maximum Gasteiger partial charge on any atom is 0.116 e. The molecule has 0 aromatic heterocycles. The summed E-state index contributed by atoms with van der Waals surface area (Å²) >= 11 is 0. The van der Waals surface area contributed by atoms with Gasteiger partial charge in [-0.25, -0.2) is 0 Å².